The van der Waals surface area contributed by atoms with Gasteiger partial charge >= 0.3 is 6.18 Å². The zero-order valence-corrected chi connectivity index (χ0v) is 10.2. The molecule has 2 unspecified atom stereocenters. The number of rotatable bonds is 1. The number of halogens is 4. The quantitative estimate of drug-likeness (QED) is 0.819. The zero-order chi connectivity index (χ0) is 13.0. The highest BCUT2D eigenvalue weighted by Gasteiger charge is 2.56. The molecule has 2 atom stereocenters. The third-order valence-electron chi connectivity index (χ3n) is 3.52. The molecule has 0 saturated heterocycles. The van der Waals surface area contributed by atoms with E-state index in [2.05, 4.69) is 0 Å². The first-order chi connectivity index (χ1) is 7.64. The monoisotopic (exact) mass is 263 g/mol. The van der Waals surface area contributed by atoms with Crippen molar-refractivity contribution >= 4 is 11.6 Å². The van der Waals surface area contributed by atoms with Crippen molar-refractivity contribution in [3.05, 3.63) is 34.3 Å². The van der Waals surface area contributed by atoms with E-state index in [1.165, 1.54) is 0 Å². The van der Waals surface area contributed by atoms with E-state index in [-0.39, 0.29) is 22.4 Å². The van der Waals surface area contributed by atoms with Crippen molar-refractivity contribution in [1.82, 2.24) is 0 Å². The Morgan fingerprint density at radius 3 is 2.18 bits per heavy atom. The summed E-state index contributed by atoms with van der Waals surface area (Å²) in [4.78, 5) is 0. The molecule has 1 aliphatic rings. The molecule has 1 nitrogen and oxygen atoms in total. The molecule has 0 aliphatic heterocycles. The Balaban J connectivity index is 2.41. The topological polar surface area (TPSA) is 26.0 Å². The molecule has 0 spiro atoms. The van der Waals surface area contributed by atoms with Crippen LogP contribution in [-0.2, 0) is 6.18 Å². The van der Waals surface area contributed by atoms with Crippen LogP contribution in [-0.4, -0.2) is 6.04 Å². The van der Waals surface area contributed by atoms with Gasteiger partial charge in [0.2, 0.25) is 0 Å². The average molecular weight is 264 g/mol. The molecule has 1 fully saturated rings. The van der Waals surface area contributed by atoms with Crippen molar-refractivity contribution in [2.75, 3.05) is 0 Å². The Labute approximate surface area is 103 Å². The molecular weight excluding hydrogens is 251 g/mol. The molecule has 1 aromatic carbocycles. The molecule has 0 aromatic heterocycles. The van der Waals surface area contributed by atoms with Gasteiger partial charge in [-0.1, -0.05) is 25.4 Å². The summed E-state index contributed by atoms with van der Waals surface area (Å²) in [5.41, 5.74) is 5.56. The summed E-state index contributed by atoms with van der Waals surface area (Å²) in [5.74, 6) is -0.0534. The lowest BCUT2D eigenvalue weighted by Gasteiger charge is -2.10. The fourth-order valence-electron chi connectivity index (χ4n) is 2.27. The Bertz CT molecular complexity index is 454. The van der Waals surface area contributed by atoms with Gasteiger partial charge in [-0.05, 0) is 29.2 Å². The maximum atomic E-state index is 12.6. The van der Waals surface area contributed by atoms with E-state index in [0.29, 0.717) is 5.56 Å². The standard InChI is InChI=1S/C12H13ClF3N/c1-11(2)9(10(11)17)6-3-7(12(14,15)16)5-8(13)4-6/h3-5,9-10H,17H2,1-2H3. The summed E-state index contributed by atoms with van der Waals surface area (Å²) in [7, 11) is 0. The van der Waals surface area contributed by atoms with E-state index in [1.54, 1.807) is 6.07 Å². The van der Waals surface area contributed by atoms with Gasteiger partial charge < -0.3 is 5.73 Å². The summed E-state index contributed by atoms with van der Waals surface area (Å²) < 4.78 is 37.9. The molecule has 17 heavy (non-hydrogen) atoms. The molecular formula is C12H13ClF3N. The van der Waals surface area contributed by atoms with E-state index in [4.69, 9.17) is 17.3 Å². The van der Waals surface area contributed by atoms with E-state index < -0.39 is 11.7 Å². The summed E-state index contributed by atoms with van der Waals surface area (Å²) in [6.07, 6.45) is -4.37. The largest absolute Gasteiger partial charge is 0.416 e. The van der Waals surface area contributed by atoms with Crippen LogP contribution < -0.4 is 5.73 Å². The third-order valence-corrected chi connectivity index (χ3v) is 3.74. The van der Waals surface area contributed by atoms with E-state index in [0.717, 1.165) is 12.1 Å². The predicted octanol–water partition coefficient (Wildman–Crippen LogP) is 3.81. The van der Waals surface area contributed by atoms with Crippen molar-refractivity contribution < 1.29 is 13.2 Å². The highest BCUT2D eigenvalue weighted by atomic mass is 35.5. The molecule has 2 rings (SSSR count). The molecule has 0 radical (unpaired) electrons. The van der Waals surface area contributed by atoms with Crippen molar-refractivity contribution in [2.45, 2.75) is 32.0 Å². The van der Waals surface area contributed by atoms with E-state index in [9.17, 15) is 13.2 Å². The highest BCUT2D eigenvalue weighted by molar-refractivity contribution is 6.30. The molecule has 2 N–H and O–H groups in total. The minimum absolute atomic E-state index is 0.0534. The number of benzene rings is 1. The van der Waals surface area contributed by atoms with Gasteiger partial charge in [-0.25, -0.2) is 0 Å². The molecule has 1 aliphatic carbocycles. The summed E-state index contributed by atoms with van der Waals surface area (Å²) in [6.45, 7) is 3.88. The number of hydrogen-bond donors (Lipinski definition) is 1. The Morgan fingerprint density at radius 2 is 1.76 bits per heavy atom. The SMILES string of the molecule is CC1(C)C(N)C1c1cc(Cl)cc(C(F)(F)F)c1. The van der Waals surface area contributed by atoms with Gasteiger partial charge in [-0.3, -0.25) is 0 Å². The minimum atomic E-state index is -4.37. The van der Waals surface area contributed by atoms with Crippen LogP contribution in [0, 0.1) is 5.41 Å². The normalized spacial score (nSPS) is 27.0. The Kier molecular flexibility index (Phi) is 2.71. The van der Waals surface area contributed by atoms with E-state index >= 15 is 0 Å². The van der Waals surface area contributed by atoms with Crippen molar-refractivity contribution in [2.24, 2.45) is 11.1 Å². The second-order valence-corrected chi connectivity index (χ2v) is 5.53. The van der Waals surface area contributed by atoms with Crippen LogP contribution in [0.5, 0.6) is 0 Å². The van der Waals surface area contributed by atoms with Crippen LogP contribution in [0.2, 0.25) is 5.02 Å². The summed E-state index contributed by atoms with van der Waals surface area (Å²) in [5, 5.41) is 0.102. The molecule has 0 bridgehead atoms. The average Bonchev–Trinajstić information content (AvgIpc) is 2.63. The fraction of sp³-hybridized carbons (Fsp3) is 0.500. The van der Waals surface area contributed by atoms with Crippen LogP contribution in [0.15, 0.2) is 18.2 Å². The maximum Gasteiger partial charge on any atom is 0.416 e. The second-order valence-electron chi connectivity index (χ2n) is 5.10. The molecule has 1 saturated carbocycles. The molecule has 1 aromatic rings. The van der Waals surface area contributed by atoms with Crippen molar-refractivity contribution in [1.29, 1.82) is 0 Å². The van der Waals surface area contributed by atoms with Gasteiger partial charge in [0.25, 0.3) is 0 Å². The Morgan fingerprint density at radius 1 is 1.24 bits per heavy atom. The van der Waals surface area contributed by atoms with Crippen LogP contribution >= 0.6 is 11.6 Å². The lowest BCUT2D eigenvalue weighted by molar-refractivity contribution is -0.137. The van der Waals surface area contributed by atoms with Crippen LogP contribution in [0.4, 0.5) is 13.2 Å². The van der Waals surface area contributed by atoms with Gasteiger partial charge in [0.15, 0.2) is 0 Å². The lowest BCUT2D eigenvalue weighted by atomic mass is 10.0. The predicted molar refractivity (Wildman–Crippen MR) is 61.0 cm³/mol. The third kappa shape index (κ3) is 2.16. The number of hydrogen-bond acceptors (Lipinski definition) is 1. The summed E-state index contributed by atoms with van der Waals surface area (Å²) in [6, 6.07) is 3.54. The van der Waals surface area contributed by atoms with Gasteiger partial charge in [-0.15, -0.1) is 0 Å². The molecule has 0 amide bonds. The van der Waals surface area contributed by atoms with Crippen LogP contribution in [0.25, 0.3) is 0 Å². The Hall–Kier alpha value is -0.740. The smallest absolute Gasteiger partial charge is 0.327 e. The van der Waals surface area contributed by atoms with Crippen LogP contribution in [0.3, 0.4) is 0 Å². The summed E-state index contributed by atoms with van der Waals surface area (Å²) >= 11 is 5.73. The molecule has 0 heterocycles. The lowest BCUT2D eigenvalue weighted by Crippen LogP contribution is -2.07. The number of alkyl halides is 3. The highest BCUT2D eigenvalue weighted by Crippen LogP contribution is 2.57. The van der Waals surface area contributed by atoms with Crippen LogP contribution in [0.1, 0.15) is 30.9 Å². The second kappa shape index (κ2) is 3.62. The fourth-order valence-corrected chi connectivity index (χ4v) is 2.51. The van der Waals surface area contributed by atoms with Crippen molar-refractivity contribution in [3.63, 3.8) is 0 Å². The van der Waals surface area contributed by atoms with E-state index in [1.807, 2.05) is 13.8 Å². The molecule has 5 heteroatoms. The first-order valence-electron chi connectivity index (χ1n) is 5.27. The first kappa shape index (κ1) is 12.7. The van der Waals surface area contributed by atoms with Gasteiger partial charge in [0, 0.05) is 17.0 Å². The van der Waals surface area contributed by atoms with Gasteiger partial charge in [-0.2, -0.15) is 13.2 Å². The van der Waals surface area contributed by atoms with Gasteiger partial charge in [0.05, 0.1) is 5.56 Å². The first-order valence-corrected chi connectivity index (χ1v) is 5.65. The molecule has 94 valence electrons. The number of nitrogens with two attached hydrogens (primary N) is 1. The zero-order valence-electron chi connectivity index (χ0n) is 9.48. The minimum Gasteiger partial charge on any atom is -0.327 e. The van der Waals surface area contributed by atoms with Crippen molar-refractivity contribution in [3.8, 4) is 0 Å². The maximum absolute atomic E-state index is 12.6. The van der Waals surface area contributed by atoms with Gasteiger partial charge in [0.1, 0.15) is 0 Å².